The Morgan fingerprint density at radius 3 is 1.79 bits per heavy atom. The van der Waals surface area contributed by atoms with Gasteiger partial charge in [-0.2, -0.15) is 0 Å². The van der Waals surface area contributed by atoms with Crippen LogP contribution in [-0.2, 0) is 5.54 Å². The summed E-state index contributed by atoms with van der Waals surface area (Å²) in [5, 5.41) is 39.5. The maximum atomic E-state index is 15.0. The Balaban J connectivity index is 1.24. The number of thiocarbonyl (C=S) groups is 2. The molecule has 5 N–H and O–H groups in total. The Labute approximate surface area is 363 Å². The second-order valence-electron chi connectivity index (χ2n) is 14.6. The van der Waals surface area contributed by atoms with Crippen LogP contribution in [0.4, 0.5) is 34.1 Å². The summed E-state index contributed by atoms with van der Waals surface area (Å²) in [7, 11) is 0. The Kier molecular flexibility index (Phi) is 12.3. The number of nitrogens with zero attached hydrogens (tertiary/aromatic N) is 4. The zero-order valence-corrected chi connectivity index (χ0v) is 35.7. The molecule has 0 bridgehead atoms. The van der Waals surface area contributed by atoms with Crippen LogP contribution < -0.4 is 31.3 Å². The molecular formula is C44H45N9O6S2. The first kappa shape index (κ1) is 42.3. The summed E-state index contributed by atoms with van der Waals surface area (Å²) in [6.45, 7) is 10.8. The fourth-order valence-electron chi connectivity index (χ4n) is 7.97. The van der Waals surface area contributed by atoms with Crippen molar-refractivity contribution in [1.82, 2.24) is 15.1 Å². The summed E-state index contributed by atoms with van der Waals surface area (Å²) >= 11 is 11.6. The van der Waals surface area contributed by atoms with E-state index in [9.17, 15) is 25.0 Å². The molecule has 0 saturated heterocycles. The van der Waals surface area contributed by atoms with Crippen molar-refractivity contribution in [3.05, 3.63) is 151 Å². The van der Waals surface area contributed by atoms with E-state index in [1.165, 1.54) is 24.3 Å². The number of hydrogen-bond donors (Lipinski definition) is 5. The summed E-state index contributed by atoms with van der Waals surface area (Å²) in [5.41, 5.74) is 6.96. The van der Waals surface area contributed by atoms with Gasteiger partial charge in [0.25, 0.3) is 17.3 Å². The maximum Gasteiger partial charge on any atom is 0.269 e. The van der Waals surface area contributed by atoms with Crippen LogP contribution in [0.25, 0.3) is 0 Å². The molecule has 5 aromatic rings. The van der Waals surface area contributed by atoms with Crippen LogP contribution in [0.5, 0.6) is 11.5 Å². The van der Waals surface area contributed by atoms with E-state index in [0.717, 1.165) is 52.3 Å². The number of aryl methyl sites for hydroxylation is 2. The van der Waals surface area contributed by atoms with Crippen LogP contribution in [0.2, 0.25) is 0 Å². The van der Waals surface area contributed by atoms with Gasteiger partial charge in [0, 0.05) is 115 Å². The summed E-state index contributed by atoms with van der Waals surface area (Å²) in [4.78, 5) is 40.3. The molecule has 0 atom stereocenters. The molecule has 61 heavy (non-hydrogen) atoms. The largest absolute Gasteiger partial charge is 0.456 e. The number of nitro benzene ring substituents is 2. The third-order valence-electron chi connectivity index (χ3n) is 10.8. The molecule has 0 radical (unpaired) electrons. The lowest BCUT2D eigenvalue weighted by Crippen LogP contribution is -2.51. The minimum atomic E-state index is -1.07. The number of ether oxygens (including phenoxy) is 1. The highest BCUT2D eigenvalue weighted by molar-refractivity contribution is 7.80. The number of amides is 1. The Hall–Kier alpha value is -6.85. The number of non-ortho nitro benzene ring substituents is 2. The lowest BCUT2D eigenvalue weighted by atomic mass is 9.73. The van der Waals surface area contributed by atoms with E-state index >= 15 is 0 Å². The molecule has 0 fully saturated rings. The topological polar surface area (TPSA) is 179 Å². The van der Waals surface area contributed by atoms with Gasteiger partial charge < -0.3 is 41.1 Å². The van der Waals surface area contributed by atoms with Crippen LogP contribution in [-0.4, -0.2) is 75.0 Å². The van der Waals surface area contributed by atoms with Gasteiger partial charge in [-0.3, -0.25) is 25.0 Å². The standard InChI is InChI=1S/C44H45N9O6S2/c1-5-45-37-25-39-35(23-27(37)3)44(36-24-28(4)38(46-6-2)26-40(36)59-39)34-10-8-7-9-33(34)41(54)51(44)22-21-50(43(61)49-30-13-17-32(18-14-30)53(57)58)20-19-47-42(60)48-29-11-15-31(16-12-29)52(55)56/h7-18,23-26,45-46H,5-6,19-22H2,1-4H3,(H,49,61)(H2,47,48,60). The Bertz CT molecular complexity index is 2470. The van der Waals surface area contributed by atoms with Gasteiger partial charge in [-0.15, -0.1) is 0 Å². The first-order chi connectivity index (χ1) is 29.3. The first-order valence-corrected chi connectivity index (χ1v) is 20.6. The Morgan fingerprint density at radius 2 is 1.26 bits per heavy atom. The van der Waals surface area contributed by atoms with E-state index in [-0.39, 0.29) is 30.4 Å². The molecule has 1 amide bonds. The van der Waals surface area contributed by atoms with Crippen molar-refractivity contribution >= 4 is 74.7 Å². The number of benzene rings is 5. The molecule has 0 aliphatic carbocycles. The SMILES string of the molecule is CCNc1cc2c(cc1C)C1(c3cc(C)c(NCC)cc3O2)c2ccccc2C(=O)N1CCN(CCNC(=S)Nc1ccc([N+](=O)[O-])cc1)C(=S)Nc1ccc([N+](=O)[O-])cc1. The molecule has 5 aromatic carbocycles. The predicted molar refractivity (Wildman–Crippen MR) is 246 cm³/mol. The van der Waals surface area contributed by atoms with Gasteiger partial charge in [-0.1, -0.05) is 18.2 Å². The number of rotatable bonds is 14. The lowest BCUT2D eigenvalue weighted by Gasteiger charge is -2.45. The van der Waals surface area contributed by atoms with Gasteiger partial charge in [-0.25, -0.2) is 0 Å². The van der Waals surface area contributed by atoms with Crippen LogP contribution in [0.3, 0.4) is 0 Å². The number of carbonyl (C=O) groups is 1. The molecular weight excluding hydrogens is 815 g/mol. The molecule has 314 valence electrons. The predicted octanol–water partition coefficient (Wildman–Crippen LogP) is 8.52. The first-order valence-electron chi connectivity index (χ1n) is 19.8. The highest BCUT2D eigenvalue weighted by Gasteiger charge is 2.56. The number of nitro groups is 2. The third-order valence-corrected chi connectivity index (χ3v) is 11.4. The van der Waals surface area contributed by atoms with Gasteiger partial charge in [0.1, 0.15) is 17.0 Å². The van der Waals surface area contributed by atoms with Crippen LogP contribution in [0.15, 0.2) is 97.1 Å². The monoisotopic (exact) mass is 859 g/mol. The summed E-state index contributed by atoms with van der Waals surface area (Å²) in [5.74, 6) is 1.14. The van der Waals surface area contributed by atoms with E-state index in [2.05, 4.69) is 38.7 Å². The maximum absolute atomic E-state index is 15.0. The van der Waals surface area contributed by atoms with E-state index in [1.807, 2.05) is 73.9 Å². The van der Waals surface area contributed by atoms with Crippen LogP contribution in [0.1, 0.15) is 52.0 Å². The van der Waals surface area contributed by atoms with Crippen molar-refractivity contribution in [3.8, 4) is 11.5 Å². The quantitative estimate of drug-likeness (QED) is 0.0408. The van der Waals surface area contributed by atoms with Crippen molar-refractivity contribution in [2.45, 2.75) is 33.2 Å². The minimum Gasteiger partial charge on any atom is -0.456 e. The average Bonchev–Trinajstić information content (AvgIpc) is 3.48. The highest BCUT2D eigenvalue weighted by Crippen LogP contribution is 2.58. The average molecular weight is 860 g/mol. The molecule has 2 aliphatic heterocycles. The number of fused-ring (bicyclic) bond motifs is 6. The number of anilines is 4. The van der Waals surface area contributed by atoms with Crippen molar-refractivity contribution in [2.75, 3.05) is 60.5 Å². The molecule has 2 aliphatic rings. The summed E-state index contributed by atoms with van der Waals surface area (Å²) in [6.07, 6.45) is 0. The summed E-state index contributed by atoms with van der Waals surface area (Å²) in [6, 6.07) is 27.9. The molecule has 0 unspecified atom stereocenters. The van der Waals surface area contributed by atoms with E-state index < -0.39 is 15.4 Å². The van der Waals surface area contributed by atoms with Gasteiger partial charge in [-0.05, 0) is 111 Å². The molecule has 7 rings (SSSR count). The molecule has 1 spiro atoms. The number of nitrogens with one attached hydrogen (secondary N) is 5. The van der Waals surface area contributed by atoms with Gasteiger partial charge in [0.2, 0.25) is 0 Å². The fraction of sp³-hybridized carbons (Fsp3) is 0.250. The van der Waals surface area contributed by atoms with Crippen LogP contribution in [0, 0.1) is 34.1 Å². The van der Waals surface area contributed by atoms with Crippen molar-refractivity contribution in [3.63, 3.8) is 0 Å². The van der Waals surface area contributed by atoms with Crippen LogP contribution >= 0.6 is 24.4 Å². The number of hydrogen-bond acceptors (Lipinski definition) is 10. The van der Waals surface area contributed by atoms with Crippen molar-refractivity contribution in [2.24, 2.45) is 0 Å². The Morgan fingerprint density at radius 1 is 0.738 bits per heavy atom. The molecule has 2 heterocycles. The zero-order valence-electron chi connectivity index (χ0n) is 34.0. The van der Waals surface area contributed by atoms with Crippen molar-refractivity contribution < 1.29 is 19.4 Å². The van der Waals surface area contributed by atoms with E-state index in [0.29, 0.717) is 51.8 Å². The van der Waals surface area contributed by atoms with E-state index in [4.69, 9.17) is 29.2 Å². The molecule has 0 aromatic heterocycles. The smallest absolute Gasteiger partial charge is 0.269 e. The third kappa shape index (κ3) is 8.34. The molecule has 17 heteroatoms. The second-order valence-corrected chi connectivity index (χ2v) is 15.4. The highest BCUT2D eigenvalue weighted by atomic mass is 32.1. The lowest BCUT2D eigenvalue weighted by molar-refractivity contribution is -0.385. The zero-order chi connectivity index (χ0) is 43.4. The van der Waals surface area contributed by atoms with Gasteiger partial charge in [0.15, 0.2) is 10.2 Å². The van der Waals surface area contributed by atoms with E-state index in [1.54, 1.807) is 24.3 Å². The second kappa shape index (κ2) is 17.8. The van der Waals surface area contributed by atoms with Crippen molar-refractivity contribution in [1.29, 1.82) is 0 Å². The molecule has 15 nitrogen and oxygen atoms in total. The molecule has 0 saturated carbocycles. The summed E-state index contributed by atoms with van der Waals surface area (Å²) < 4.78 is 6.78. The fourth-order valence-corrected chi connectivity index (χ4v) is 8.49. The normalized spacial score (nSPS) is 13.0. The minimum absolute atomic E-state index is 0.0371. The van der Waals surface area contributed by atoms with Gasteiger partial charge >= 0.3 is 0 Å². The number of carbonyl (C=O) groups excluding carboxylic acids is 1. The van der Waals surface area contributed by atoms with Gasteiger partial charge in [0.05, 0.1) is 9.85 Å².